The summed E-state index contributed by atoms with van der Waals surface area (Å²) in [6.45, 7) is 0. The molecule has 2 aromatic heterocycles. The molecule has 0 saturated carbocycles. The smallest absolute Gasteiger partial charge is 0.164 e. The Hall–Kier alpha value is -3.41. The molecule has 0 N–H and O–H groups in total. The number of rotatable bonds is 3. The van der Waals surface area contributed by atoms with Gasteiger partial charge in [0.2, 0.25) is 0 Å². The second-order valence-electron chi connectivity index (χ2n) is 7.49. The molecule has 3 nitrogen and oxygen atoms in total. The van der Waals surface area contributed by atoms with Crippen LogP contribution in [-0.4, -0.2) is 15.0 Å². The topological polar surface area (TPSA) is 38.7 Å². The summed E-state index contributed by atoms with van der Waals surface area (Å²) in [5, 5.41) is 2.55. The predicted octanol–water partition coefficient (Wildman–Crippen LogP) is 8.00. The Labute approximate surface area is 197 Å². The van der Waals surface area contributed by atoms with Crippen LogP contribution in [0.4, 0.5) is 0 Å². The first-order valence-electron chi connectivity index (χ1n) is 10.2. The Morgan fingerprint density at radius 2 is 1.06 bits per heavy atom. The van der Waals surface area contributed by atoms with E-state index in [2.05, 4.69) is 58.4 Å². The Morgan fingerprint density at radius 3 is 1.81 bits per heavy atom. The van der Waals surface area contributed by atoms with E-state index >= 15 is 0 Å². The van der Waals surface area contributed by atoms with E-state index in [0.29, 0.717) is 17.5 Å². The van der Waals surface area contributed by atoms with E-state index < -0.39 is 0 Å². The van der Waals surface area contributed by atoms with Gasteiger partial charge in [0.05, 0.1) is 0 Å². The Kier molecular flexibility index (Phi) is 4.78. The lowest BCUT2D eigenvalue weighted by Crippen LogP contribution is -2.00. The molecule has 0 atom stereocenters. The second kappa shape index (κ2) is 7.93. The van der Waals surface area contributed by atoms with E-state index in [9.17, 15) is 0 Å². The standard InChI is InChI=1S/C27H16BrN3S/c28-20-13-10-18(11-14-20)26-29-25(17-6-2-1-3-7-17)30-27(31-26)19-12-15-22-21-8-4-5-9-23(21)32-24(22)16-19/h1-16H. The number of nitrogens with zero attached hydrogens (tertiary/aromatic N) is 3. The zero-order valence-corrected chi connectivity index (χ0v) is 19.3. The van der Waals surface area contributed by atoms with Gasteiger partial charge >= 0.3 is 0 Å². The first-order valence-corrected chi connectivity index (χ1v) is 11.8. The van der Waals surface area contributed by atoms with E-state index in [1.165, 1.54) is 20.2 Å². The number of aromatic nitrogens is 3. The molecule has 2 heterocycles. The highest BCUT2D eigenvalue weighted by molar-refractivity contribution is 9.10. The second-order valence-corrected chi connectivity index (χ2v) is 9.49. The third kappa shape index (κ3) is 3.49. The summed E-state index contributed by atoms with van der Waals surface area (Å²) in [6.07, 6.45) is 0. The highest BCUT2D eigenvalue weighted by Gasteiger charge is 2.13. The van der Waals surface area contributed by atoms with Gasteiger partial charge in [0.15, 0.2) is 17.5 Å². The van der Waals surface area contributed by atoms with E-state index in [1.54, 1.807) is 11.3 Å². The fourth-order valence-corrected chi connectivity index (χ4v) is 5.22. The maximum Gasteiger partial charge on any atom is 0.164 e. The fourth-order valence-electron chi connectivity index (χ4n) is 3.81. The molecule has 0 spiro atoms. The summed E-state index contributed by atoms with van der Waals surface area (Å²) in [7, 11) is 0. The van der Waals surface area contributed by atoms with Gasteiger partial charge in [0, 0.05) is 41.3 Å². The first-order chi connectivity index (χ1) is 15.7. The quantitative estimate of drug-likeness (QED) is 0.250. The average Bonchev–Trinajstić information content (AvgIpc) is 3.23. The lowest BCUT2D eigenvalue weighted by molar-refractivity contribution is 1.07. The van der Waals surface area contributed by atoms with Gasteiger partial charge in [-0.05, 0) is 24.3 Å². The van der Waals surface area contributed by atoms with Gasteiger partial charge in [0.25, 0.3) is 0 Å². The molecule has 6 rings (SSSR count). The van der Waals surface area contributed by atoms with Crippen LogP contribution in [0.3, 0.4) is 0 Å². The van der Waals surface area contributed by atoms with E-state index in [1.807, 2.05) is 54.6 Å². The van der Waals surface area contributed by atoms with E-state index in [0.717, 1.165) is 21.2 Å². The molecule has 0 radical (unpaired) electrons. The van der Waals surface area contributed by atoms with Gasteiger partial charge in [-0.1, -0.05) is 88.7 Å². The van der Waals surface area contributed by atoms with Crippen molar-refractivity contribution in [1.82, 2.24) is 15.0 Å². The SMILES string of the molecule is Brc1ccc(-c2nc(-c3ccccc3)nc(-c3ccc4c(c3)sc3ccccc34)n2)cc1. The number of fused-ring (bicyclic) bond motifs is 3. The third-order valence-corrected chi connectivity index (χ3v) is 7.07. The summed E-state index contributed by atoms with van der Waals surface area (Å²) >= 11 is 5.30. The van der Waals surface area contributed by atoms with Crippen LogP contribution in [0.25, 0.3) is 54.3 Å². The molecule has 152 valence electrons. The molecule has 0 amide bonds. The molecular formula is C27H16BrN3S. The fraction of sp³-hybridized carbons (Fsp3) is 0. The van der Waals surface area contributed by atoms with Crippen molar-refractivity contribution >= 4 is 47.4 Å². The van der Waals surface area contributed by atoms with Crippen LogP contribution >= 0.6 is 27.3 Å². The van der Waals surface area contributed by atoms with Crippen molar-refractivity contribution in [2.24, 2.45) is 0 Å². The summed E-state index contributed by atoms with van der Waals surface area (Å²) in [5.74, 6) is 2.01. The molecular weight excluding hydrogens is 478 g/mol. The van der Waals surface area contributed by atoms with E-state index in [-0.39, 0.29) is 0 Å². The lowest BCUT2D eigenvalue weighted by atomic mass is 10.1. The molecule has 6 aromatic rings. The number of halogens is 1. The summed E-state index contributed by atoms with van der Waals surface area (Å²) in [6, 6.07) is 33.1. The molecule has 0 fully saturated rings. The van der Waals surface area contributed by atoms with Gasteiger partial charge in [-0.2, -0.15) is 0 Å². The van der Waals surface area contributed by atoms with Crippen LogP contribution in [0.1, 0.15) is 0 Å². The van der Waals surface area contributed by atoms with Crippen molar-refractivity contribution in [2.45, 2.75) is 0 Å². The number of hydrogen-bond donors (Lipinski definition) is 0. The number of benzene rings is 4. The molecule has 32 heavy (non-hydrogen) atoms. The first kappa shape index (κ1) is 19.3. The van der Waals surface area contributed by atoms with Gasteiger partial charge in [0.1, 0.15) is 0 Å². The minimum atomic E-state index is 0.665. The normalized spacial score (nSPS) is 11.3. The largest absolute Gasteiger partial charge is 0.208 e. The summed E-state index contributed by atoms with van der Waals surface area (Å²) in [4.78, 5) is 14.5. The summed E-state index contributed by atoms with van der Waals surface area (Å²) < 4.78 is 3.54. The van der Waals surface area contributed by atoms with Crippen molar-refractivity contribution in [3.8, 4) is 34.2 Å². The highest BCUT2D eigenvalue weighted by Crippen LogP contribution is 2.36. The predicted molar refractivity (Wildman–Crippen MR) is 137 cm³/mol. The van der Waals surface area contributed by atoms with Crippen molar-refractivity contribution in [2.75, 3.05) is 0 Å². The van der Waals surface area contributed by atoms with Crippen molar-refractivity contribution < 1.29 is 0 Å². The van der Waals surface area contributed by atoms with Crippen LogP contribution in [0.2, 0.25) is 0 Å². The van der Waals surface area contributed by atoms with Gasteiger partial charge in [-0.15, -0.1) is 11.3 Å². The molecule has 0 aliphatic heterocycles. The Morgan fingerprint density at radius 1 is 0.500 bits per heavy atom. The molecule has 0 saturated heterocycles. The molecule has 4 aromatic carbocycles. The van der Waals surface area contributed by atoms with Crippen molar-refractivity contribution in [1.29, 1.82) is 0 Å². The van der Waals surface area contributed by atoms with Crippen LogP contribution in [0.15, 0.2) is 102 Å². The molecule has 0 aliphatic rings. The van der Waals surface area contributed by atoms with Gasteiger partial charge in [-0.3, -0.25) is 0 Å². The summed E-state index contributed by atoms with van der Waals surface area (Å²) in [5.41, 5.74) is 2.91. The molecule has 0 aliphatic carbocycles. The minimum Gasteiger partial charge on any atom is -0.208 e. The van der Waals surface area contributed by atoms with Gasteiger partial charge in [-0.25, -0.2) is 15.0 Å². The molecule has 0 bridgehead atoms. The molecule has 5 heteroatoms. The Balaban J connectivity index is 1.55. The zero-order valence-electron chi connectivity index (χ0n) is 16.9. The number of thiophene rings is 1. The average molecular weight is 494 g/mol. The van der Waals surface area contributed by atoms with Crippen molar-refractivity contribution in [3.05, 3.63) is 102 Å². The Bertz CT molecular complexity index is 1570. The lowest BCUT2D eigenvalue weighted by Gasteiger charge is -2.08. The van der Waals surface area contributed by atoms with Gasteiger partial charge < -0.3 is 0 Å². The maximum atomic E-state index is 4.86. The van der Waals surface area contributed by atoms with E-state index in [4.69, 9.17) is 15.0 Å². The van der Waals surface area contributed by atoms with Crippen molar-refractivity contribution in [3.63, 3.8) is 0 Å². The van der Waals surface area contributed by atoms with Crippen LogP contribution < -0.4 is 0 Å². The van der Waals surface area contributed by atoms with Crippen LogP contribution in [-0.2, 0) is 0 Å². The monoisotopic (exact) mass is 493 g/mol. The minimum absolute atomic E-state index is 0.665. The van der Waals surface area contributed by atoms with Crippen LogP contribution in [0.5, 0.6) is 0 Å². The number of hydrogen-bond acceptors (Lipinski definition) is 4. The third-order valence-electron chi connectivity index (χ3n) is 5.41. The highest BCUT2D eigenvalue weighted by atomic mass is 79.9. The molecule has 0 unspecified atom stereocenters. The van der Waals surface area contributed by atoms with Crippen LogP contribution in [0, 0.1) is 0 Å². The zero-order chi connectivity index (χ0) is 21.5. The maximum absolute atomic E-state index is 4.86.